The van der Waals surface area contributed by atoms with Gasteiger partial charge in [0.1, 0.15) is 11.3 Å². The second-order valence-corrected chi connectivity index (χ2v) is 5.71. The van der Waals surface area contributed by atoms with Gasteiger partial charge in [0.2, 0.25) is 0 Å². The normalized spacial score (nSPS) is 16.2. The third kappa shape index (κ3) is 1.96. The van der Waals surface area contributed by atoms with Gasteiger partial charge in [0.05, 0.1) is 28.9 Å². The molecule has 0 atom stereocenters. The average Bonchev–Trinajstić information content (AvgIpc) is 2.91. The molecule has 0 radical (unpaired) electrons. The minimum Gasteiger partial charge on any atom is -0.381 e. The van der Waals surface area contributed by atoms with E-state index < -0.39 is 0 Å². The van der Waals surface area contributed by atoms with Crippen molar-refractivity contribution in [3.8, 4) is 6.07 Å². The number of imidazole rings is 1. The Morgan fingerprint density at radius 1 is 1.27 bits per heavy atom. The molecule has 0 saturated carbocycles. The van der Waals surface area contributed by atoms with Crippen LogP contribution < -0.4 is 0 Å². The summed E-state index contributed by atoms with van der Waals surface area (Å²) in [6, 6.07) is 8.24. The van der Waals surface area contributed by atoms with Crippen molar-refractivity contribution >= 4 is 21.9 Å². The van der Waals surface area contributed by atoms with E-state index in [1.165, 1.54) is 0 Å². The molecule has 1 saturated heterocycles. The summed E-state index contributed by atoms with van der Waals surface area (Å²) in [6.07, 6.45) is 3.81. The zero-order chi connectivity index (χ0) is 15.1. The molecule has 3 heterocycles. The Bertz CT molecular complexity index is 900. The average molecular weight is 292 g/mol. The lowest BCUT2D eigenvalue weighted by atomic mass is 10.1. The number of benzene rings is 1. The lowest BCUT2D eigenvalue weighted by Gasteiger charge is -2.25. The van der Waals surface area contributed by atoms with Crippen LogP contribution in [0.5, 0.6) is 0 Å². The summed E-state index contributed by atoms with van der Waals surface area (Å²) >= 11 is 0. The largest absolute Gasteiger partial charge is 0.381 e. The van der Waals surface area contributed by atoms with Gasteiger partial charge >= 0.3 is 0 Å². The highest BCUT2D eigenvalue weighted by Gasteiger charge is 2.21. The highest BCUT2D eigenvalue weighted by Crippen LogP contribution is 2.31. The number of fused-ring (bicyclic) bond motifs is 3. The molecule has 0 bridgehead atoms. The number of hydrogen-bond donors (Lipinski definition) is 0. The van der Waals surface area contributed by atoms with Crippen LogP contribution >= 0.6 is 0 Å². The summed E-state index contributed by atoms with van der Waals surface area (Å²) < 4.78 is 7.79. The molecule has 3 aromatic rings. The monoisotopic (exact) mass is 292 g/mol. The van der Waals surface area contributed by atoms with Gasteiger partial charge in [-0.25, -0.2) is 4.98 Å². The van der Waals surface area contributed by atoms with Crippen LogP contribution in [0.4, 0.5) is 0 Å². The fraction of sp³-hybridized carbons (Fsp3) is 0.353. The van der Waals surface area contributed by atoms with Gasteiger partial charge in [0.25, 0.3) is 0 Å². The van der Waals surface area contributed by atoms with E-state index in [4.69, 9.17) is 4.74 Å². The van der Waals surface area contributed by atoms with Crippen molar-refractivity contribution in [3.63, 3.8) is 0 Å². The molecular formula is C17H16N4O. The molecule has 0 N–H and O–H groups in total. The minimum atomic E-state index is 0.398. The van der Waals surface area contributed by atoms with E-state index in [-0.39, 0.29) is 0 Å². The van der Waals surface area contributed by atoms with Crippen LogP contribution in [0.2, 0.25) is 0 Å². The van der Waals surface area contributed by atoms with Crippen LogP contribution in [0.15, 0.2) is 24.4 Å². The Hall–Kier alpha value is -2.45. The summed E-state index contributed by atoms with van der Waals surface area (Å²) in [5.74, 6) is 0.999. The Kier molecular flexibility index (Phi) is 3.05. The van der Waals surface area contributed by atoms with Gasteiger partial charge in [-0.05, 0) is 38.0 Å². The fourth-order valence-electron chi connectivity index (χ4n) is 3.35. The van der Waals surface area contributed by atoms with Gasteiger partial charge in [-0.3, -0.25) is 4.98 Å². The molecule has 0 spiro atoms. The van der Waals surface area contributed by atoms with Crippen molar-refractivity contribution in [3.05, 3.63) is 35.8 Å². The molecule has 4 rings (SSSR count). The quantitative estimate of drug-likeness (QED) is 0.691. The van der Waals surface area contributed by atoms with Crippen LogP contribution in [-0.2, 0) is 4.74 Å². The number of nitriles is 1. The van der Waals surface area contributed by atoms with E-state index in [0.717, 1.165) is 53.8 Å². The van der Waals surface area contributed by atoms with Crippen molar-refractivity contribution < 1.29 is 4.74 Å². The number of ether oxygens (including phenoxy) is 1. The maximum atomic E-state index is 9.18. The van der Waals surface area contributed by atoms with Crippen LogP contribution in [0.3, 0.4) is 0 Å². The Labute approximate surface area is 128 Å². The van der Waals surface area contributed by atoms with Gasteiger partial charge in [-0.15, -0.1) is 0 Å². The predicted molar refractivity (Wildman–Crippen MR) is 83.6 cm³/mol. The molecule has 2 aromatic heterocycles. The molecule has 5 heteroatoms. The second kappa shape index (κ2) is 5.08. The topological polar surface area (TPSA) is 63.7 Å². The zero-order valence-corrected chi connectivity index (χ0v) is 12.4. The minimum absolute atomic E-state index is 0.398. The predicted octanol–water partition coefficient (Wildman–Crippen LogP) is 3.12. The number of nitrogens with zero attached hydrogens (tertiary/aromatic N) is 4. The first-order valence-corrected chi connectivity index (χ1v) is 7.53. The van der Waals surface area contributed by atoms with Gasteiger partial charge in [0.15, 0.2) is 0 Å². The van der Waals surface area contributed by atoms with Gasteiger partial charge in [-0.1, -0.05) is 0 Å². The third-order valence-electron chi connectivity index (χ3n) is 4.38. The molecule has 22 heavy (non-hydrogen) atoms. The van der Waals surface area contributed by atoms with Crippen molar-refractivity contribution in [2.75, 3.05) is 13.2 Å². The molecule has 1 aromatic carbocycles. The summed E-state index contributed by atoms with van der Waals surface area (Å²) in [6.45, 7) is 3.61. The third-order valence-corrected chi connectivity index (χ3v) is 4.38. The number of aromatic nitrogens is 3. The van der Waals surface area contributed by atoms with Crippen LogP contribution in [0.25, 0.3) is 21.9 Å². The van der Waals surface area contributed by atoms with Crippen LogP contribution in [0, 0.1) is 18.3 Å². The van der Waals surface area contributed by atoms with Crippen molar-refractivity contribution in [2.24, 2.45) is 0 Å². The summed E-state index contributed by atoms with van der Waals surface area (Å²) in [7, 11) is 0. The number of rotatable bonds is 1. The van der Waals surface area contributed by atoms with Gasteiger partial charge in [0, 0.05) is 24.6 Å². The molecule has 5 nitrogen and oxygen atoms in total. The maximum Gasteiger partial charge on any atom is 0.108 e. The molecule has 0 unspecified atom stereocenters. The molecule has 1 fully saturated rings. The first-order valence-electron chi connectivity index (χ1n) is 7.53. The Balaban J connectivity index is 2.04. The van der Waals surface area contributed by atoms with E-state index in [0.29, 0.717) is 11.6 Å². The Morgan fingerprint density at radius 3 is 2.86 bits per heavy atom. The van der Waals surface area contributed by atoms with Gasteiger partial charge < -0.3 is 9.30 Å². The van der Waals surface area contributed by atoms with Crippen LogP contribution in [0.1, 0.15) is 30.3 Å². The maximum absolute atomic E-state index is 9.18. The smallest absolute Gasteiger partial charge is 0.108 e. The molecule has 0 aliphatic carbocycles. The fourth-order valence-corrected chi connectivity index (χ4v) is 3.35. The molecule has 1 aliphatic heterocycles. The molecular weight excluding hydrogens is 276 g/mol. The van der Waals surface area contributed by atoms with E-state index in [2.05, 4.69) is 20.6 Å². The van der Waals surface area contributed by atoms with E-state index in [9.17, 15) is 5.26 Å². The standard InChI is InChI=1S/C17H16N4O/c1-11-20-16-10-19-15-3-2-12(9-18)8-14(15)17(16)21(11)13-4-6-22-7-5-13/h2-3,8,10,13H,4-7H2,1H3. The van der Waals surface area contributed by atoms with E-state index >= 15 is 0 Å². The molecule has 1 aliphatic rings. The number of pyridine rings is 1. The van der Waals surface area contributed by atoms with Crippen molar-refractivity contribution in [1.82, 2.24) is 14.5 Å². The first-order chi connectivity index (χ1) is 10.8. The van der Waals surface area contributed by atoms with Crippen molar-refractivity contribution in [1.29, 1.82) is 5.26 Å². The van der Waals surface area contributed by atoms with E-state index in [1.54, 1.807) is 0 Å². The summed E-state index contributed by atoms with van der Waals surface area (Å²) in [4.78, 5) is 9.15. The summed E-state index contributed by atoms with van der Waals surface area (Å²) in [5.41, 5.74) is 3.54. The van der Waals surface area contributed by atoms with Crippen molar-refractivity contribution in [2.45, 2.75) is 25.8 Å². The van der Waals surface area contributed by atoms with Crippen LogP contribution in [-0.4, -0.2) is 27.7 Å². The Morgan fingerprint density at radius 2 is 2.09 bits per heavy atom. The lowest BCUT2D eigenvalue weighted by Crippen LogP contribution is -2.20. The molecule has 0 amide bonds. The SMILES string of the molecule is Cc1nc2cnc3ccc(C#N)cc3c2n1C1CCOCC1. The highest BCUT2D eigenvalue weighted by molar-refractivity contribution is 6.02. The summed E-state index contributed by atoms with van der Waals surface area (Å²) in [5, 5.41) is 10.2. The number of hydrogen-bond acceptors (Lipinski definition) is 4. The van der Waals surface area contributed by atoms with Gasteiger partial charge in [-0.2, -0.15) is 5.26 Å². The first kappa shape index (κ1) is 13.2. The van der Waals surface area contributed by atoms with E-state index in [1.807, 2.05) is 31.3 Å². The molecule has 110 valence electrons. The number of aryl methyl sites for hydroxylation is 1. The highest BCUT2D eigenvalue weighted by atomic mass is 16.5. The zero-order valence-electron chi connectivity index (χ0n) is 12.4. The second-order valence-electron chi connectivity index (χ2n) is 5.71. The lowest BCUT2D eigenvalue weighted by molar-refractivity contribution is 0.0701.